The van der Waals surface area contributed by atoms with Crippen LogP contribution in [0.4, 0.5) is 0 Å². The van der Waals surface area contributed by atoms with Crippen molar-refractivity contribution in [1.82, 2.24) is 0 Å². The smallest absolute Gasteiger partial charge is 0.0318 e. The predicted molar refractivity (Wildman–Crippen MR) is 57.4 cm³/mol. The first-order chi connectivity index (χ1) is 5.84. The summed E-state index contributed by atoms with van der Waals surface area (Å²) in [6.45, 7) is 8.55. The molecule has 1 saturated carbocycles. The maximum Gasteiger partial charge on any atom is -0.0318 e. The van der Waals surface area contributed by atoms with Gasteiger partial charge in [-0.05, 0) is 39.0 Å². The van der Waals surface area contributed by atoms with Crippen molar-refractivity contribution in [2.75, 3.05) is 0 Å². The number of allylic oxidation sites excluding steroid dienone is 2. The van der Waals surface area contributed by atoms with Crippen molar-refractivity contribution >= 4 is 0 Å². The summed E-state index contributed by atoms with van der Waals surface area (Å²) in [7, 11) is 0. The molecule has 0 aromatic carbocycles. The van der Waals surface area contributed by atoms with Gasteiger partial charge >= 0.3 is 0 Å². The van der Waals surface area contributed by atoms with E-state index in [9.17, 15) is 0 Å². The SMILES string of the molecule is CC.CCC(C)=C1CCCCC1. The van der Waals surface area contributed by atoms with Gasteiger partial charge in [-0.3, -0.25) is 0 Å². The fourth-order valence-electron chi connectivity index (χ4n) is 1.66. The average molecular weight is 168 g/mol. The minimum absolute atomic E-state index is 1.26. The van der Waals surface area contributed by atoms with Crippen LogP contribution in [0.5, 0.6) is 0 Å². The molecule has 0 heterocycles. The maximum absolute atomic E-state index is 2.29. The van der Waals surface area contributed by atoms with Gasteiger partial charge in [0, 0.05) is 0 Å². The Morgan fingerprint density at radius 2 is 1.58 bits per heavy atom. The van der Waals surface area contributed by atoms with Crippen LogP contribution in [-0.4, -0.2) is 0 Å². The van der Waals surface area contributed by atoms with E-state index in [1.54, 1.807) is 11.1 Å². The highest BCUT2D eigenvalue weighted by Crippen LogP contribution is 2.26. The van der Waals surface area contributed by atoms with E-state index in [4.69, 9.17) is 0 Å². The second-order valence-electron chi connectivity index (χ2n) is 3.30. The fraction of sp³-hybridized carbons (Fsp3) is 0.833. The molecule has 1 fully saturated rings. The minimum Gasteiger partial charge on any atom is -0.0744 e. The van der Waals surface area contributed by atoms with E-state index in [1.807, 2.05) is 13.8 Å². The largest absolute Gasteiger partial charge is 0.0744 e. The zero-order valence-electron chi connectivity index (χ0n) is 9.24. The predicted octanol–water partition coefficient (Wildman–Crippen LogP) is 4.70. The Kier molecular flexibility index (Phi) is 7.23. The van der Waals surface area contributed by atoms with Gasteiger partial charge in [-0.25, -0.2) is 0 Å². The van der Waals surface area contributed by atoms with Crippen LogP contribution in [0.25, 0.3) is 0 Å². The van der Waals surface area contributed by atoms with Gasteiger partial charge < -0.3 is 0 Å². The highest BCUT2D eigenvalue weighted by molar-refractivity contribution is 5.12. The standard InChI is InChI=1S/C10H18.C2H6/c1-3-9(2)10-7-5-4-6-8-10;1-2/h3-8H2,1-2H3;1-2H3. The van der Waals surface area contributed by atoms with Gasteiger partial charge in [0.25, 0.3) is 0 Å². The van der Waals surface area contributed by atoms with Gasteiger partial charge in [0.05, 0.1) is 0 Å². The van der Waals surface area contributed by atoms with Crippen molar-refractivity contribution < 1.29 is 0 Å². The first-order valence-corrected chi connectivity index (χ1v) is 5.52. The van der Waals surface area contributed by atoms with Crippen molar-refractivity contribution in [2.45, 2.75) is 66.2 Å². The zero-order valence-corrected chi connectivity index (χ0v) is 9.24. The molecule has 0 atom stereocenters. The topological polar surface area (TPSA) is 0 Å². The molecular formula is C12H24. The molecule has 1 rings (SSSR count). The summed E-state index contributed by atoms with van der Waals surface area (Å²) in [5.74, 6) is 0. The van der Waals surface area contributed by atoms with Crippen molar-refractivity contribution in [3.8, 4) is 0 Å². The quantitative estimate of drug-likeness (QED) is 0.498. The lowest BCUT2D eigenvalue weighted by Crippen LogP contribution is -1.96. The lowest BCUT2D eigenvalue weighted by atomic mass is 9.91. The first kappa shape index (κ1) is 11.7. The Morgan fingerprint density at radius 1 is 1.08 bits per heavy atom. The molecule has 0 spiro atoms. The van der Waals surface area contributed by atoms with Gasteiger partial charge in [-0.15, -0.1) is 0 Å². The molecule has 0 aliphatic heterocycles. The highest BCUT2D eigenvalue weighted by atomic mass is 14.1. The van der Waals surface area contributed by atoms with Crippen LogP contribution in [0.1, 0.15) is 66.2 Å². The maximum atomic E-state index is 2.29. The molecule has 0 aromatic heterocycles. The van der Waals surface area contributed by atoms with E-state index < -0.39 is 0 Å². The van der Waals surface area contributed by atoms with Crippen LogP contribution in [0, 0.1) is 0 Å². The molecule has 0 unspecified atom stereocenters. The molecule has 0 nitrogen and oxygen atoms in total. The second-order valence-corrected chi connectivity index (χ2v) is 3.30. The third-order valence-electron chi connectivity index (χ3n) is 2.59. The molecule has 1 aliphatic rings. The molecule has 12 heavy (non-hydrogen) atoms. The van der Waals surface area contributed by atoms with Crippen LogP contribution < -0.4 is 0 Å². The number of hydrogen-bond donors (Lipinski definition) is 0. The molecule has 0 radical (unpaired) electrons. The Hall–Kier alpha value is -0.260. The zero-order chi connectivity index (χ0) is 9.40. The lowest BCUT2D eigenvalue weighted by molar-refractivity contribution is 0.591. The Bertz CT molecular complexity index is 123. The van der Waals surface area contributed by atoms with Gasteiger partial charge in [0.2, 0.25) is 0 Å². The Balaban J connectivity index is 0.000000561. The molecule has 0 amide bonds. The van der Waals surface area contributed by atoms with Crippen molar-refractivity contribution in [3.05, 3.63) is 11.1 Å². The molecule has 0 N–H and O–H groups in total. The first-order valence-electron chi connectivity index (χ1n) is 5.52. The molecule has 72 valence electrons. The summed E-state index contributed by atoms with van der Waals surface area (Å²) in [6.07, 6.45) is 8.37. The van der Waals surface area contributed by atoms with Crippen molar-refractivity contribution in [1.29, 1.82) is 0 Å². The third-order valence-corrected chi connectivity index (χ3v) is 2.59. The van der Waals surface area contributed by atoms with E-state index in [-0.39, 0.29) is 0 Å². The van der Waals surface area contributed by atoms with Crippen molar-refractivity contribution in [2.24, 2.45) is 0 Å². The Morgan fingerprint density at radius 3 is 2.00 bits per heavy atom. The van der Waals surface area contributed by atoms with Gasteiger partial charge in [-0.2, -0.15) is 0 Å². The van der Waals surface area contributed by atoms with Crippen LogP contribution in [-0.2, 0) is 0 Å². The molecule has 0 bridgehead atoms. The van der Waals surface area contributed by atoms with E-state index in [1.165, 1.54) is 38.5 Å². The minimum atomic E-state index is 1.26. The molecule has 1 aliphatic carbocycles. The van der Waals surface area contributed by atoms with Crippen LogP contribution in [0.2, 0.25) is 0 Å². The van der Waals surface area contributed by atoms with Gasteiger partial charge in [-0.1, -0.05) is 38.3 Å². The monoisotopic (exact) mass is 168 g/mol. The highest BCUT2D eigenvalue weighted by Gasteiger charge is 2.06. The van der Waals surface area contributed by atoms with Crippen LogP contribution in [0.15, 0.2) is 11.1 Å². The summed E-state index contributed by atoms with van der Waals surface area (Å²) in [5.41, 5.74) is 3.41. The summed E-state index contributed by atoms with van der Waals surface area (Å²) in [4.78, 5) is 0. The summed E-state index contributed by atoms with van der Waals surface area (Å²) >= 11 is 0. The third kappa shape index (κ3) is 3.94. The van der Waals surface area contributed by atoms with Crippen LogP contribution in [0.3, 0.4) is 0 Å². The molecule has 0 heteroatoms. The summed E-state index contributed by atoms with van der Waals surface area (Å²) < 4.78 is 0. The van der Waals surface area contributed by atoms with Gasteiger partial charge in [0.1, 0.15) is 0 Å². The van der Waals surface area contributed by atoms with Gasteiger partial charge in [0.15, 0.2) is 0 Å². The Labute approximate surface area is 78.1 Å². The second kappa shape index (κ2) is 7.39. The lowest BCUT2D eigenvalue weighted by Gasteiger charge is -2.16. The van der Waals surface area contributed by atoms with Crippen LogP contribution >= 0.6 is 0 Å². The van der Waals surface area contributed by atoms with E-state index >= 15 is 0 Å². The van der Waals surface area contributed by atoms with E-state index in [0.717, 1.165) is 0 Å². The van der Waals surface area contributed by atoms with Crippen molar-refractivity contribution in [3.63, 3.8) is 0 Å². The van der Waals surface area contributed by atoms with E-state index in [0.29, 0.717) is 0 Å². The number of rotatable bonds is 1. The summed E-state index contributed by atoms with van der Waals surface area (Å²) in [6, 6.07) is 0. The van der Waals surface area contributed by atoms with E-state index in [2.05, 4.69) is 13.8 Å². The number of hydrogen-bond acceptors (Lipinski definition) is 0. The normalized spacial score (nSPS) is 16.5. The molecule has 0 aromatic rings. The molecule has 0 saturated heterocycles. The average Bonchev–Trinajstić information content (AvgIpc) is 2.21. The molecular weight excluding hydrogens is 144 g/mol. The summed E-state index contributed by atoms with van der Waals surface area (Å²) in [5, 5.41) is 0. The fourth-order valence-corrected chi connectivity index (χ4v) is 1.66.